The van der Waals surface area contributed by atoms with Crippen LogP contribution in [0.4, 0.5) is 4.39 Å². The van der Waals surface area contributed by atoms with Crippen LogP contribution in [-0.4, -0.2) is 34.1 Å². The highest BCUT2D eigenvalue weighted by atomic mass is 19.1. The van der Waals surface area contributed by atoms with E-state index in [1.807, 2.05) is 19.1 Å². The number of nitrogens with two attached hydrogens (primary N) is 1. The first-order valence-electron chi connectivity index (χ1n) is 11.0. The number of aliphatic hydroxyl groups is 1. The van der Waals surface area contributed by atoms with E-state index >= 15 is 0 Å². The van der Waals surface area contributed by atoms with Gasteiger partial charge in [0.15, 0.2) is 5.60 Å². The lowest BCUT2D eigenvalue weighted by atomic mass is 9.86. The molecule has 7 nitrogen and oxygen atoms in total. The molecular formula is C24H28FN3O4. The first kappa shape index (κ1) is 22.4. The molecule has 170 valence electrons. The van der Waals surface area contributed by atoms with Crippen molar-refractivity contribution in [1.29, 1.82) is 0 Å². The van der Waals surface area contributed by atoms with Crippen LogP contribution in [0.2, 0.25) is 0 Å². The van der Waals surface area contributed by atoms with E-state index in [1.54, 1.807) is 17.6 Å². The average Bonchev–Trinajstić information content (AvgIpc) is 3.14. The number of ether oxygens (including phenoxy) is 1. The number of allylic oxidation sites excluding steroid dienone is 5. The molecule has 4 heterocycles. The van der Waals surface area contributed by atoms with Crippen molar-refractivity contribution in [3.8, 4) is 0 Å². The summed E-state index contributed by atoms with van der Waals surface area (Å²) in [5.74, 6) is -1.08. The summed E-state index contributed by atoms with van der Waals surface area (Å²) in [4.78, 5) is 30.0. The lowest BCUT2D eigenvalue weighted by Crippen LogP contribution is -2.44. The number of hydrogen-bond donors (Lipinski definition) is 2. The zero-order valence-electron chi connectivity index (χ0n) is 18.3. The van der Waals surface area contributed by atoms with E-state index in [0.29, 0.717) is 30.9 Å². The maximum atomic E-state index is 14.7. The van der Waals surface area contributed by atoms with E-state index in [1.165, 1.54) is 12.3 Å². The van der Waals surface area contributed by atoms with Gasteiger partial charge in [-0.25, -0.2) is 9.18 Å². The number of pyridine rings is 1. The number of aliphatic imine (C=N–C) groups is 1. The van der Waals surface area contributed by atoms with E-state index in [0.717, 1.165) is 17.6 Å². The highest BCUT2D eigenvalue weighted by molar-refractivity contribution is 6.14. The molecule has 0 saturated carbocycles. The largest absolute Gasteiger partial charge is 0.458 e. The number of aromatic nitrogens is 1. The van der Waals surface area contributed by atoms with Crippen LogP contribution in [0.3, 0.4) is 0 Å². The minimum atomic E-state index is -1.88. The van der Waals surface area contributed by atoms with Crippen molar-refractivity contribution in [2.24, 2.45) is 16.6 Å². The minimum Gasteiger partial charge on any atom is -0.458 e. The van der Waals surface area contributed by atoms with Gasteiger partial charge in [-0.1, -0.05) is 31.6 Å². The van der Waals surface area contributed by atoms with Gasteiger partial charge in [-0.2, -0.15) is 0 Å². The highest BCUT2D eigenvalue weighted by Crippen LogP contribution is 2.35. The summed E-state index contributed by atoms with van der Waals surface area (Å²) in [5, 5.41) is 11.0. The van der Waals surface area contributed by atoms with E-state index in [2.05, 4.69) is 4.99 Å². The Bertz CT molecular complexity index is 1130. The number of fused-ring (bicyclic) bond motifs is 4. The molecule has 4 rings (SSSR count). The molecule has 0 aliphatic carbocycles. The number of hydrogen-bond acceptors (Lipinski definition) is 6. The third kappa shape index (κ3) is 3.57. The maximum absolute atomic E-state index is 14.7. The molecule has 0 amide bonds. The Morgan fingerprint density at radius 3 is 2.88 bits per heavy atom. The monoisotopic (exact) mass is 441 g/mol. The lowest BCUT2D eigenvalue weighted by molar-refractivity contribution is -0.172. The number of halogens is 1. The van der Waals surface area contributed by atoms with Crippen LogP contribution in [-0.2, 0) is 28.3 Å². The molecule has 0 aromatic carbocycles. The summed E-state index contributed by atoms with van der Waals surface area (Å²) in [6, 6.07) is 1.65. The summed E-state index contributed by atoms with van der Waals surface area (Å²) >= 11 is 0. The van der Waals surface area contributed by atoms with Gasteiger partial charge in [0, 0.05) is 17.7 Å². The number of carbonyl (C=O) groups excluding carboxylic acids is 1. The maximum Gasteiger partial charge on any atom is 0.343 e. The Morgan fingerprint density at radius 1 is 1.38 bits per heavy atom. The minimum absolute atomic E-state index is 0.0749. The van der Waals surface area contributed by atoms with Gasteiger partial charge in [-0.05, 0) is 43.5 Å². The van der Waals surface area contributed by atoms with Crippen LogP contribution < -0.4 is 11.3 Å². The number of cyclic esters (lactones) is 1. The molecule has 2 unspecified atom stereocenters. The Labute approximate surface area is 185 Å². The summed E-state index contributed by atoms with van der Waals surface area (Å²) in [7, 11) is 0. The molecule has 0 saturated heterocycles. The number of alkyl halides is 1. The molecule has 3 N–H and O–H groups in total. The SMILES string of the molecule is CC[C@@]1(O)C(=O)OCc2c1cc1n(c2=O)CC2=C/C=C(\CCCN)C(C)C(F)/C=C/N=C\21. The van der Waals surface area contributed by atoms with Gasteiger partial charge < -0.3 is 20.1 Å². The number of rotatable bonds is 4. The third-order valence-electron chi connectivity index (χ3n) is 6.62. The van der Waals surface area contributed by atoms with Crippen molar-refractivity contribution in [2.75, 3.05) is 6.54 Å². The van der Waals surface area contributed by atoms with Crippen molar-refractivity contribution in [3.05, 3.63) is 68.8 Å². The van der Waals surface area contributed by atoms with Crippen LogP contribution in [0.25, 0.3) is 0 Å². The van der Waals surface area contributed by atoms with Crippen molar-refractivity contribution in [1.82, 2.24) is 4.57 Å². The fourth-order valence-electron chi connectivity index (χ4n) is 4.49. The van der Waals surface area contributed by atoms with Gasteiger partial charge in [0.1, 0.15) is 12.8 Å². The second-order valence-electron chi connectivity index (χ2n) is 8.48. The summed E-state index contributed by atoms with van der Waals surface area (Å²) in [5.41, 5.74) is 6.75. The van der Waals surface area contributed by atoms with Crippen LogP contribution >= 0.6 is 0 Å². The standard InChI is InChI=1S/C24H28FN3O4/c1-3-24(31)18-11-20-21-16(12-28(20)22(29)17(18)13-32-23(24)30)7-6-15(5-4-9-26)14(2)19(25)8-10-27-21/h6-8,10-11,14,19,31H,3-5,9,12-13,26H2,1-2H3/b10-8+,15-6+,16-7-,27-21+/t14?,19?,24-/m0/s1. The molecule has 3 atom stereocenters. The fourth-order valence-corrected chi connectivity index (χ4v) is 4.49. The quantitative estimate of drug-likeness (QED) is 0.698. The Kier molecular flexibility index (Phi) is 6.01. The number of carbonyl (C=O) groups is 1. The van der Waals surface area contributed by atoms with Crippen LogP contribution in [0.1, 0.15) is 49.9 Å². The van der Waals surface area contributed by atoms with Gasteiger partial charge in [-0.15, -0.1) is 0 Å². The normalized spacial score (nSPS) is 32.8. The Balaban J connectivity index is 1.87. The van der Waals surface area contributed by atoms with E-state index in [9.17, 15) is 19.1 Å². The predicted octanol–water partition coefficient (Wildman–Crippen LogP) is 2.40. The number of nitrogens with zero attached hydrogens (tertiary/aromatic N) is 2. The van der Waals surface area contributed by atoms with Crippen LogP contribution in [0.15, 0.2) is 51.4 Å². The molecule has 0 bridgehead atoms. The molecular weight excluding hydrogens is 413 g/mol. The van der Waals surface area contributed by atoms with Gasteiger partial charge >= 0.3 is 5.97 Å². The number of esters is 1. The molecule has 0 fully saturated rings. The topological polar surface area (TPSA) is 107 Å². The van der Waals surface area contributed by atoms with Crippen LogP contribution in [0.5, 0.6) is 0 Å². The van der Waals surface area contributed by atoms with E-state index < -0.39 is 17.7 Å². The first-order chi connectivity index (χ1) is 15.3. The van der Waals surface area contributed by atoms with E-state index in [-0.39, 0.29) is 35.6 Å². The molecule has 0 spiro atoms. The molecule has 1 aromatic rings. The molecule has 3 aliphatic heterocycles. The first-order valence-corrected chi connectivity index (χ1v) is 11.0. The van der Waals surface area contributed by atoms with Gasteiger partial charge in [0.05, 0.1) is 23.5 Å². The van der Waals surface area contributed by atoms with Crippen LogP contribution in [0, 0.1) is 5.92 Å². The van der Waals surface area contributed by atoms with Crippen molar-refractivity contribution in [2.45, 2.75) is 58.0 Å². The zero-order chi connectivity index (χ0) is 23.0. The Hall–Kier alpha value is -2.84. The van der Waals surface area contributed by atoms with Crippen molar-refractivity contribution < 1.29 is 19.0 Å². The smallest absolute Gasteiger partial charge is 0.343 e. The second-order valence-corrected chi connectivity index (χ2v) is 8.48. The predicted molar refractivity (Wildman–Crippen MR) is 119 cm³/mol. The van der Waals surface area contributed by atoms with Crippen molar-refractivity contribution in [3.63, 3.8) is 0 Å². The molecule has 0 radical (unpaired) electrons. The van der Waals surface area contributed by atoms with E-state index in [4.69, 9.17) is 10.5 Å². The Morgan fingerprint density at radius 2 is 2.16 bits per heavy atom. The lowest BCUT2D eigenvalue weighted by Gasteiger charge is -2.31. The summed E-state index contributed by atoms with van der Waals surface area (Å²) in [6.45, 7) is 4.14. The highest BCUT2D eigenvalue weighted by Gasteiger charge is 2.45. The molecule has 32 heavy (non-hydrogen) atoms. The zero-order valence-corrected chi connectivity index (χ0v) is 18.3. The average molecular weight is 442 g/mol. The van der Waals surface area contributed by atoms with Gasteiger partial charge in [-0.3, -0.25) is 9.79 Å². The summed E-state index contributed by atoms with van der Waals surface area (Å²) < 4.78 is 21.4. The van der Waals surface area contributed by atoms with Gasteiger partial charge in [0.2, 0.25) is 0 Å². The van der Waals surface area contributed by atoms with Crippen molar-refractivity contribution >= 4 is 11.7 Å². The molecule has 8 heteroatoms. The fraction of sp³-hybridized carbons (Fsp3) is 0.458. The second kappa shape index (κ2) is 8.60. The molecule has 1 aromatic heterocycles. The summed E-state index contributed by atoms with van der Waals surface area (Å²) in [6.07, 6.45) is 6.94. The third-order valence-corrected chi connectivity index (χ3v) is 6.62. The molecule has 3 aliphatic rings. The van der Waals surface area contributed by atoms with Gasteiger partial charge in [0.25, 0.3) is 5.56 Å².